The molecule has 0 aliphatic rings. The van der Waals surface area contributed by atoms with Crippen molar-refractivity contribution in [2.24, 2.45) is 0 Å². The molecule has 0 amide bonds. The maximum absolute atomic E-state index is 2.36. The van der Waals surface area contributed by atoms with Gasteiger partial charge in [0, 0.05) is 0 Å². The van der Waals surface area contributed by atoms with Gasteiger partial charge in [-0.15, -0.1) is 0 Å². The lowest BCUT2D eigenvalue weighted by Crippen LogP contribution is -1.94. The molecule has 0 heterocycles. The van der Waals surface area contributed by atoms with Crippen LogP contribution in [0.5, 0.6) is 0 Å². The minimum Gasteiger partial charge on any atom is -0.0617 e. The molecular weight excluding hydrogens is 288 g/mol. The van der Waals surface area contributed by atoms with Crippen LogP contribution in [0.4, 0.5) is 0 Å². The van der Waals surface area contributed by atoms with Crippen LogP contribution in [0.1, 0.15) is 47.2 Å². The molecule has 0 aromatic heterocycles. The normalized spacial score (nSPS) is 10.8. The van der Waals surface area contributed by atoms with Crippen LogP contribution in [0.15, 0.2) is 72.8 Å². The van der Waals surface area contributed by atoms with Gasteiger partial charge in [0.15, 0.2) is 0 Å². The van der Waals surface area contributed by atoms with Crippen molar-refractivity contribution in [3.05, 3.63) is 106 Å². The third-order valence-electron chi connectivity index (χ3n) is 4.61. The van der Waals surface area contributed by atoms with Gasteiger partial charge in [-0.3, -0.25) is 0 Å². The average Bonchev–Trinajstić information content (AvgIpc) is 2.62. The van der Waals surface area contributed by atoms with Crippen LogP contribution in [0, 0.1) is 0 Å². The van der Waals surface area contributed by atoms with Crippen LogP contribution < -0.4 is 0 Å². The second kappa shape index (κ2) is 7.97. The Bertz CT molecular complexity index is 734. The fourth-order valence-electron chi connectivity index (χ4n) is 3.24. The fourth-order valence-corrected chi connectivity index (χ4v) is 3.24. The molecule has 0 fully saturated rings. The predicted octanol–water partition coefficient (Wildman–Crippen LogP) is 5.99. The summed E-state index contributed by atoms with van der Waals surface area (Å²) in [5.74, 6) is 0. The quantitative estimate of drug-likeness (QED) is 0.524. The van der Waals surface area contributed by atoms with Crippen molar-refractivity contribution in [3.63, 3.8) is 0 Å². The van der Waals surface area contributed by atoms with E-state index in [-0.39, 0.29) is 0 Å². The van der Waals surface area contributed by atoms with E-state index in [0.717, 1.165) is 25.7 Å². The van der Waals surface area contributed by atoms with Crippen LogP contribution >= 0.6 is 0 Å². The second-order valence-corrected chi connectivity index (χ2v) is 6.52. The van der Waals surface area contributed by atoms with Gasteiger partial charge in [-0.25, -0.2) is 0 Å². The zero-order chi connectivity index (χ0) is 16.8. The van der Waals surface area contributed by atoms with Crippen LogP contribution in [-0.2, 0) is 25.7 Å². The van der Waals surface area contributed by atoms with E-state index in [2.05, 4.69) is 86.6 Å². The van der Waals surface area contributed by atoms with E-state index >= 15 is 0 Å². The number of benzene rings is 3. The summed E-state index contributed by atoms with van der Waals surface area (Å²) < 4.78 is 0. The Hall–Kier alpha value is -2.34. The Morgan fingerprint density at radius 2 is 0.750 bits per heavy atom. The molecule has 0 saturated carbocycles. The summed E-state index contributed by atoms with van der Waals surface area (Å²) in [7, 11) is 0. The number of aryl methyl sites for hydroxylation is 2. The minimum absolute atomic E-state index is 1.01. The summed E-state index contributed by atoms with van der Waals surface area (Å²) in [6.45, 7) is 4.42. The first-order valence-electron chi connectivity index (χ1n) is 9.00. The lowest BCUT2D eigenvalue weighted by Gasteiger charge is -2.08. The Balaban J connectivity index is 1.76. The molecule has 3 aromatic carbocycles. The Morgan fingerprint density at radius 3 is 1.08 bits per heavy atom. The zero-order valence-corrected chi connectivity index (χ0v) is 14.8. The van der Waals surface area contributed by atoms with Crippen molar-refractivity contribution < 1.29 is 0 Å². The molecular formula is C24H26. The highest BCUT2D eigenvalue weighted by Crippen LogP contribution is 2.17. The first-order chi connectivity index (χ1) is 11.8. The summed E-state index contributed by atoms with van der Waals surface area (Å²) in [5, 5.41) is 0. The van der Waals surface area contributed by atoms with Gasteiger partial charge in [-0.05, 0) is 59.1 Å². The highest BCUT2D eigenvalue weighted by molar-refractivity contribution is 5.35. The van der Waals surface area contributed by atoms with E-state index in [9.17, 15) is 0 Å². The lowest BCUT2D eigenvalue weighted by molar-refractivity contribution is 1.09. The molecule has 3 aromatic rings. The molecule has 0 aliphatic carbocycles. The topological polar surface area (TPSA) is 0 Å². The number of hydrogen-bond acceptors (Lipinski definition) is 0. The van der Waals surface area contributed by atoms with Crippen molar-refractivity contribution in [2.45, 2.75) is 39.5 Å². The Morgan fingerprint density at radius 1 is 0.458 bits per heavy atom. The molecule has 0 saturated heterocycles. The zero-order valence-electron chi connectivity index (χ0n) is 14.8. The maximum Gasteiger partial charge on any atom is -0.00256 e. The van der Waals surface area contributed by atoms with E-state index in [0.29, 0.717) is 0 Å². The average molecular weight is 314 g/mol. The molecule has 122 valence electrons. The predicted molar refractivity (Wildman–Crippen MR) is 104 cm³/mol. The third kappa shape index (κ3) is 4.35. The smallest absolute Gasteiger partial charge is 0.00256 e. The van der Waals surface area contributed by atoms with Gasteiger partial charge in [0.1, 0.15) is 0 Å². The fraction of sp³-hybridized carbons (Fsp3) is 0.250. The highest BCUT2D eigenvalue weighted by Gasteiger charge is 2.02. The van der Waals surface area contributed by atoms with E-state index in [4.69, 9.17) is 0 Å². The van der Waals surface area contributed by atoms with Gasteiger partial charge in [0.25, 0.3) is 0 Å². The molecule has 0 heteroatoms. The van der Waals surface area contributed by atoms with Crippen LogP contribution in [0.2, 0.25) is 0 Å². The minimum atomic E-state index is 1.01. The van der Waals surface area contributed by atoms with Gasteiger partial charge in [0.2, 0.25) is 0 Å². The Labute approximate surface area is 146 Å². The van der Waals surface area contributed by atoms with Crippen LogP contribution in [-0.4, -0.2) is 0 Å². The molecule has 24 heavy (non-hydrogen) atoms. The first kappa shape index (κ1) is 16.5. The van der Waals surface area contributed by atoms with Crippen LogP contribution in [0.3, 0.4) is 0 Å². The van der Waals surface area contributed by atoms with E-state index in [1.807, 2.05) is 0 Å². The van der Waals surface area contributed by atoms with Gasteiger partial charge >= 0.3 is 0 Å². The molecule has 0 bridgehead atoms. The maximum atomic E-state index is 2.36. The second-order valence-electron chi connectivity index (χ2n) is 6.52. The van der Waals surface area contributed by atoms with Crippen LogP contribution in [0.25, 0.3) is 0 Å². The monoisotopic (exact) mass is 314 g/mol. The summed E-state index contributed by atoms with van der Waals surface area (Å²) in [4.78, 5) is 0. The van der Waals surface area contributed by atoms with Crippen molar-refractivity contribution >= 4 is 0 Å². The van der Waals surface area contributed by atoms with Crippen molar-refractivity contribution in [2.75, 3.05) is 0 Å². The molecule has 0 radical (unpaired) electrons. The SMILES string of the molecule is CCc1cccc(Cc2cccc(Cc3cccc(CC)c3)c2)c1. The third-order valence-corrected chi connectivity index (χ3v) is 4.61. The molecule has 0 atom stereocenters. The van der Waals surface area contributed by atoms with Gasteiger partial charge in [-0.2, -0.15) is 0 Å². The van der Waals surface area contributed by atoms with E-state index < -0.39 is 0 Å². The van der Waals surface area contributed by atoms with Crippen molar-refractivity contribution in [1.82, 2.24) is 0 Å². The number of hydrogen-bond donors (Lipinski definition) is 0. The lowest BCUT2D eigenvalue weighted by atomic mass is 9.97. The Kier molecular flexibility index (Phi) is 5.48. The molecule has 0 spiro atoms. The molecule has 0 nitrogen and oxygen atoms in total. The van der Waals surface area contributed by atoms with E-state index in [1.54, 1.807) is 0 Å². The standard InChI is InChI=1S/C24H26/c1-3-19-8-5-10-21(14-19)16-23-12-7-13-24(18-23)17-22-11-6-9-20(4-2)15-22/h5-15,18H,3-4,16-17H2,1-2H3. The largest absolute Gasteiger partial charge is 0.0617 e. The van der Waals surface area contributed by atoms with Gasteiger partial charge in [0.05, 0.1) is 0 Å². The molecule has 0 N–H and O–H groups in total. The summed E-state index contributed by atoms with van der Waals surface area (Å²) in [5.41, 5.74) is 8.43. The summed E-state index contributed by atoms with van der Waals surface area (Å²) in [6.07, 6.45) is 4.22. The van der Waals surface area contributed by atoms with Gasteiger partial charge in [-0.1, -0.05) is 86.6 Å². The summed E-state index contributed by atoms with van der Waals surface area (Å²) >= 11 is 0. The molecule has 0 unspecified atom stereocenters. The highest BCUT2D eigenvalue weighted by atomic mass is 14.1. The van der Waals surface area contributed by atoms with E-state index in [1.165, 1.54) is 33.4 Å². The number of rotatable bonds is 6. The van der Waals surface area contributed by atoms with Gasteiger partial charge < -0.3 is 0 Å². The molecule has 3 rings (SSSR count). The van der Waals surface area contributed by atoms with Crippen molar-refractivity contribution in [3.8, 4) is 0 Å². The first-order valence-corrected chi connectivity index (χ1v) is 9.00. The summed E-state index contributed by atoms with van der Waals surface area (Å²) in [6, 6.07) is 26.9. The van der Waals surface area contributed by atoms with Crippen molar-refractivity contribution in [1.29, 1.82) is 0 Å². The molecule has 0 aliphatic heterocycles.